The molecule has 20 heavy (non-hydrogen) atoms. The van der Waals surface area contributed by atoms with Gasteiger partial charge in [0.05, 0.1) is 6.04 Å². The van der Waals surface area contributed by atoms with Crippen LogP contribution in [-0.2, 0) is 4.79 Å². The summed E-state index contributed by atoms with van der Waals surface area (Å²) in [6.45, 7) is 11.5. The number of hydrogen-bond donors (Lipinski definition) is 2. The van der Waals surface area contributed by atoms with Crippen LogP contribution in [-0.4, -0.2) is 73.6 Å². The molecule has 2 saturated heterocycles. The van der Waals surface area contributed by atoms with Gasteiger partial charge in [-0.25, -0.2) is 0 Å². The molecule has 0 spiro atoms. The third-order valence-corrected chi connectivity index (χ3v) is 4.63. The third kappa shape index (κ3) is 4.17. The fourth-order valence-corrected chi connectivity index (χ4v) is 2.92. The van der Waals surface area contributed by atoms with Crippen LogP contribution in [0.4, 0.5) is 0 Å². The van der Waals surface area contributed by atoms with Gasteiger partial charge in [-0.15, -0.1) is 0 Å². The first-order valence-corrected chi connectivity index (χ1v) is 8.19. The Morgan fingerprint density at radius 3 is 2.50 bits per heavy atom. The Kier molecular flexibility index (Phi) is 6.26. The number of rotatable bonds is 7. The van der Waals surface area contributed by atoms with E-state index in [1.807, 2.05) is 6.92 Å². The molecule has 2 rings (SSSR count). The predicted molar refractivity (Wildman–Crippen MR) is 81.8 cm³/mol. The molecule has 116 valence electrons. The third-order valence-electron chi connectivity index (χ3n) is 4.63. The summed E-state index contributed by atoms with van der Waals surface area (Å²) in [6, 6.07) is 0.744. The van der Waals surface area contributed by atoms with Crippen molar-refractivity contribution >= 4 is 5.91 Å². The van der Waals surface area contributed by atoms with Gasteiger partial charge in [0, 0.05) is 51.9 Å². The summed E-state index contributed by atoms with van der Waals surface area (Å²) in [5.41, 5.74) is 0. The fourth-order valence-electron chi connectivity index (χ4n) is 2.92. The molecule has 5 nitrogen and oxygen atoms in total. The molecule has 2 aliphatic heterocycles. The Hall–Kier alpha value is -0.650. The highest BCUT2D eigenvalue weighted by Gasteiger charge is 2.30. The van der Waals surface area contributed by atoms with Crippen LogP contribution in [0.1, 0.15) is 33.1 Å². The second-order valence-corrected chi connectivity index (χ2v) is 6.06. The molecule has 1 unspecified atom stereocenters. The van der Waals surface area contributed by atoms with E-state index in [0.717, 1.165) is 58.3 Å². The highest BCUT2D eigenvalue weighted by atomic mass is 16.2. The van der Waals surface area contributed by atoms with E-state index in [-0.39, 0.29) is 11.9 Å². The molecule has 0 aromatic heterocycles. The number of nitrogens with one attached hydrogen (secondary N) is 2. The van der Waals surface area contributed by atoms with Gasteiger partial charge in [0.25, 0.3) is 0 Å². The van der Waals surface area contributed by atoms with E-state index in [2.05, 4.69) is 27.4 Å². The van der Waals surface area contributed by atoms with Gasteiger partial charge in [-0.05, 0) is 13.3 Å². The average Bonchev–Trinajstić information content (AvgIpc) is 2.41. The molecule has 2 aliphatic rings. The maximum atomic E-state index is 12.1. The zero-order valence-corrected chi connectivity index (χ0v) is 13.0. The number of hydrogen-bond acceptors (Lipinski definition) is 4. The minimum atomic E-state index is 0.0123. The van der Waals surface area contributed by atoms with Crippen LogP contribution in [0.5, 0.6) is 0 Å². The van der Waals surface area contributed by atoms with Crippen molar-refractivity contribution in [2.24, 2.45) is 0 Å². The SMILES string of the molecule is CCCCCNC(=O)C(C)N1CCN(C2CNC2)CC1. The van der Waals surface area contributed by atoms with Crippen LogP contribution in [0.2, 0.25) is 0 Å². The van der Waals surface area contributed by atoms with E-state index in [1.54, 1.807) is 0 Å². The molecule has 0 radical (unpaired) electrons. The summed E-state index contributed by atoms with van der Waals surface area (Å²) in [6.07, 6.45) is 3.49. The molecule has 0 bridgehead atoms. The van der Waals surface area contributed by atoms with Crippen molar-refractivity contribution in [3.05, 3.63) is 0 Å². The zero-order chi connectivity index (χ0) is 14.4. The number of carbonyl (C=O) groups is 1. The highest BCUT2D eigenvalue weighted by Crippen LogP contribution is 2.11. The van der Waals surface area contributed by atoms with E-state index in [4.69, 9.17) is 0 Å². The smallest absolute Gasteiger partial charge is 0.237 e. The molecule has 2 N–H and O–H groups in total. The molecule has 0 aromatic rings. The summed E-state index contributed by atoms with van der Waals surface area (Å²) < 4.78 is 0. The van der Waals surface area contributed by atoms with Crippen LogP contribution in [0.3, 0.4) is 0 Å². The fraction of sp³-hybridized carbons (Fsp3) is 0.933. The van der Waals surface area contributed by atoms with Crippen molar-refractivity contribution in [2.75, 3.05) is 45.8 Å². The molecular formula is C15H30N4O. The average molecular weight is 282 g/mol. The summed E-state index contributed by atoms with van der Waals surface area (Å²) in [5.74, 6) is 0.194. The zero-order valence-electron chi connectivity index (χ0n) is 13.0. The first-order valence-electron chi connectivity index (χ1n) is 8.19. The van der Waals surface area contributed by atoms with Gasteiger partial charge in [-0.3, -0.25) is 14.6 Å². The lowest BCUT2D eigenvalue weighted by atomic mass is 10.1. The van der Waals surface area contributed by atoms with Gasteiger partial charge >= 0.3 is 0 Å². The van der Waals surface area contributed by atoms with Gasteiger partial charge in [-0.2, -0.15) is 0 Å². The molecule has 0 saturated carbocycles. The van der Waals surface area contributed by atoms with Gasteiger partial charge in [-0.1, -0.05) is 19.8 Å². The van der Waals surface area contributed by atoms with Gasteiger partial charge in [0.2, 0.25) is 5.91 Å². The summed E-state index contributed by atoms with van der Waals surface area (Å²) >= 11 is 0. The Morgan fingerprint density at radius 2 is 1.95 bits per heavy atom. The Labute approximate surface area is 123 Å². The molecule has 0 aliphatic carbocycles. The first kappa shape index (κ1) is 15.7. The minimum Gasteiger partial charge on any atom is -0.355 e. The van der Waals surface area contributed by atoms with Crippen LogP contribution in [0.15, 0.2) is 0 Å². The number of piperazine rings is 1. The maximum absolute atomic E-state index is 12.1. The lowest BCUT2D eigenvalue weighted by Crippen LogP contribution is -2.63. The van der Waals surface area contributed by atoms with E-state index in [9.17, 15) is 4.79 Å². The molecule has 1 atom stereocenters. The Bertz CT molecular complexity index is 298. The van der Waals surface area contributed by atoms with Crippen molar-refractivity contribution < 1.29 is 4.79 Å². The van der Waals surface area contributed by atoms with Crippen LogP contribution < -0.4 is 10.6 Å². The van der Waals surface area contributed by atoms with E-state index >= 15 is 0 Å². The maximum Gasteiger partial charge on any atom is 0.237 e. The standard InChI is InChI=1S/C15H30N4O/c1-3-4-5-6-17-15(20)13(2)18-7-9-19(10-8-18)14-11-16-12-14/h13-14,16H,3-12H2,1-2H3,(H,17,20). The van der Waals surface area contributed by atoms with Crippen LogP contribution >= 0.6 is 0 Å². The molecule has 5 heteroatoms. The van der Waals surface area contributed by atoms with Crippen molar-refractivity contribution in [3.8, 4) is 0 Å². The van der Waals surface area contributed by atoms with Gasteiger partial charge in [0.1, 0.15) is 0 Å². The molecule has 0 aromatic carbocycles. The number of unbranched alkanes of at least 4 members (excludes halogenated alkanes) is 2. The van der Waals surface area contributed by atoms with E-state index < -0.39 is 0 Å². The molecule has 2 fully saturated rings. The second kappa shape index (κ2) is 7.96. The van der Waals surface area contributed by atoms with E-state index in [1.165, 1.54) is 12.8 Å². The molecular weight excluding hydrogens is 252 g/mol. The van der Waals surface area contributed by atoms with E-state index in [0.29, 0.717) is 0 Å². The largest absolute Gasteiger partial charge is 0.355 e. The van der Waals surface area contributed by atoms with Crippen molar-refractivity contribution in [2.45, 2.75) is 45.2 Å². The second-order valence-electron chi connectivity index (χ2n) is 6.06. The number of nitrogens with zero attached hydrogens (tertiary/aromatic N) is 2. The molecule has 1 amide bonds. The van der Waals surface area contributed by atoms with Crippen LogP contribution in [0.25, 0.3) is 0 Å². The van der Waals surface area contributed by atoms with Crippen molar-refractivity contribution in [3.63, 3.8) is 0 Å². The van der Waals surface area contributed by atoms with Gasteiger partial charge in [0.15, 0.2) is 0 Å². The van der Waals surface area contributed by atoms with Crippen LogP contribution in [0, 0.1) is 0 Å². The molecule has 2 heterocycles. The lowest BCUT2D eigenvalue weighted by molar-refractivity contribution is -0.126. The topological polar surface area (TPSA) is 47.6 Å². The Morgan fingerprint density at radius 1 is 1.25 bits per heavy atom. The number of amides is 1. The summed E-state index contributed by atoms with van der Waals surface area (Å²) in [7, 11) is 0. The minimum absolute atomic E-state index is 0.0123. The lowest BCUT2D eigenvalue weighted by Gasteiger charge is -2.44. The Balaban J connectivity index is 1.65. The quantitative estimate of drug-likeness (QED) is 0.658. The highest BCUT2D eigenvalue weighted by molar-refractivity contribution is 5.81. The van der Waals surface area contributed by atoms with Crippen molar-refractivity contribution in [1.29, 1.82) is 0 Å². The summed E-state index contributed by atoms with van der Waals surface area (Å²) in [4.78, 5) is 17.0. The van der Waals surface area contributed by atoms with Gasteiger partial charge < -0.3 is 10.6 Å². The number of carbonyl (C=O) groups excluding carboxylic acids is 1. The first-order chi connectivity index (χ1) is 9.72. The summed E-state index contributed by atoms with van der Waals surface area (Å²) in [5, 5.41) is 6.39. The predicted octanol–water partition coefficient (Wildman–Crippen LogP) is 0.271. The monoisotopic (exact) mass is 282 g/mol. The van der Waals surface area contributed by atoms with Crippen molar-refractivity contribution in [1.82, 2.24) is 20.4 Å². The normalized spacial score (nSPS) is 23.3.